The highest BCUT2D eigenvalue weighted by Gasteiger charge is 2.46. The highest BCUT2D eigenvalue weighted by molar-refractivity contribution is 6.01. The van der Waals surface area contributed by atoms with Gasteiger partial charge < -0.3 is 19.7 Å². The van der Waals surface area contributed by atoms with Crippen molar-refractivity contribution in [2.45, 2.75) is 44.1 Å². The standard InChI is InChI=1S/C29H35N3O3/c1-32(16-7-12-26-30-25-11-6-10-23(27(25)31-26)28(33)35-2)17-15-29(34)19-21-13-14-22(29)18-24(21)20-8-4-3-5-9-20/h3-6,8-11,18,21-22,34H,7,12-17,19H2,1-2H3,(H,30,31)/t21-,22-,29+/m1/s1. The number of carbonyl (C=O) groups excluding carboxylic acids is 1. The average molecular weight is 474 g/mol. The molecule has 3 aromatic rings. The number of esters is 1. The number of ether oxygens (including phenoxy) is 1. The van der Waals surface area contributed by atoms with Crippen LogP contribution in [-0.2, 0) is 11.2 Å². The number of carbonyl (C=O) groups is 1. The van der Waals surface area contributed by atoms with Gasteiger partial charge in [0.2, 0.25) is 0 Å². The molecule has 6 rings (SSSR count). The number of para-hydroxylation sites is 1. The topological polar surface area (TPSA) is 78.5 Å². The van der Waals surface area contributed by atoms with Gasteiger partial charge in [-0.1, -0.05) is 42.5 Å². The SMILES string of the molecule is COC(=O)c1cccc2[nH]c(CCCN(C)CC[C@]3(O)C[C@H]4CC[C@@H]3C=C4c3ccccc3)nc12. The Labute approximate surface area is 207 Å². The molecule has 6 nitrogen and oxygen atoms in total. The number of aryl methyl sites for hydroxylation is 1. The number of nitrogens with zero attached hydrogens (tertiary/aromatic N) is 2. The molecule has 1 aromatic heterocycles. The third-order valence-corrected chi connectivity index (χ3v) is 7.89. The normalized spacial score (nSPS) is 23.6. The molecule has 3 aliphatic rings. The van der Waals surface area contributed by atoms with E-state index in [0.29, 0.717) is 17.0 Å². The number of H-pyrrole nitrogens is 1. The molecule has 6 heteroatoms. The third kappa shape index (κ3) is 4.91. The van der Waals surface area contributed by atoms with Crippen LogP contribution in [0.4, 0.5) is 0 Å². The molecule has 2 N–H and O–H groups in total. The van der Waals surface area contributed by atoms with Crippen LogP contribution in [-0.4, -0.2) is 58.8 Å². The number of aliphatic hydroxyl groups is 1. The maximum absolute atomic E-state index is 12.0. The molecule has 1 saturated carbocycles. The van der Waals surface area contributed by atoms with Gasteiger partial charge in [-0.3, -0.25) is 0 Å². The van der Waals surface area contributed by atoms with Crippen LogP contribution < -0.4 is 0 Å². The number of aromatic amines is 1. The number of nitrogens with one attached hydrogen (secondary N) is 1. The molecule has 0 amide bonds. The molecule has 184 valence electrons. The summed E-state index contributed by atoms with van der Waals surface area (Å²) in [6.07, 6.45) is 8.05. The van der Waals surface area contributed by atoms with Crippen LogP contribution in [0.15, 0.2) is 54.6 Å². The summed E-state index contributed by atoms with van der Waals surface area (Å²) < 4.78 is 4.87. The zero-order valence-corrected chi connectivity index (χ0v) is 20.7. The van der Waals surface area contributed by atoms with Crippen molar-refractivity contribution < 1.29 is 14.6 Å². The Balaban J connectivity index is 1.14. The van der Waals surface area contributed by atoms with Gasteiger partial charge in [0, 0.05) is 18.9 Å². The fourth-order valence-corrected chi connectivity index (χ4v) is 5.93. The number of benzene rings is 2. The van der Waals surface area contributed by atoms with Crippen molar-refractivity contribution in [1.29, 1.82) is 0 Å². The van der Waals surface area contributed by atoms with E-state index >= 15 is 0 Å². The Kier molecular flexibility index (Phi) is 6.76. The molecular weight excluding hydrogens is 438 g/mol. The summed E-state index contributed by atoms with van der Waals surface area (Å²) in [5.41, 5.74) is 4.16. The second-order valence-electron chi connectivity index (χ2n) is 10.2. The lowest BCUT2D eigenvalue weighted by Crippen LogP contribution is -2.48. The maximum atomic E-state index is 12.0. The lowest BCUT2D eigenvalue weighted by atomic mass is 9.61. The Morgan fingerprint density at radius 2 is 2.00 bits per heavy atom. The number of allylic oxidation sites excluding steroid dienone is 1. The zero-order chi connectivity index (χ0) is 24.4. The van der Waals surface area contributed by atoms with Gasteiger partial charge >= 0.3 is 5.97 Å². The van der Waals surface area contributed by atoms with Crippen LogP contribution in [0.3, 0.4) is 0 Å². The van der Waals surface area contributed by atoms with Crippen LogP contribution in [0.2, 0.25) is 0 Å². The van der Waals surface area contributed by atoms with Gasteiger partial charge in [-0.05, 0) is 74.9 Å². The first-order valence-corrected chi connectivity index (χ1v) is 12.7. The number of hydrogen-bond donors (Lipinski definition) is 2. The Bertz CT molecular complexity index is 1220. The molecule has 0 spiro atoms. The van der Waals surface area contributed by atoms with E-state index in [4.69, 9.17) is 4.74 Å². The van der Waals surface area contributed by atoms with Crippen molar-refractivity contribution in [3.63, 3.8) is 0 Å². The summed E-state index contributed by atoms with van der Waals surface area (Å²) in [7, 11) is 3.52. The van der Waals surface area contributed by atoms with Crippen molar-refractivity contribution >= 4 is 22.6 Å². The van der Waals surface area contributed by atoms with E-state index in [9.17, 15) is 9.90 Å². The van der Waals surface area contributed by atoms with Crippen molar-refractivity contribution in [3.8, 4) is 0 Å². The van der Waals surface area contributed by atoms with Crippen molar-refractivity contribution in [2.75, 3.05) is 27.2 Å². The first-order chi connectivity index (χ1) is 17.0. The number of aromatic nitrogens is 2. The van der Waals surface area contributed by atoms with Gasteiger partial charge in [-0.2, -0.15) is 0 Å². The van der Waals surface area contributed by atoms with Gasteiger partial charge in [0.05, 0.1) is 23.8 Å². The molecular formula is C29H35N3O3. The van der Waals surface area contributed by atoms with Crippen molar-refractivity contribution in [3.05, 3.63) is 71.6 Å². The molecule has 1 fully saturated rings. The predicted molar refractivity (Wildman–Crippen MR) is 138 cm³/mol. The fourth-order valence-electron chi connectivity index (χ4n) is 5.93. The monoisotopic (exact) mass is 473 g/mol. The van der Waals surface area contributed by atoms with Crippen molar-refractivity contribution in [1.82, 2.24) is 14.9 Å². The van der Waals surface area contributed by atoms with Gasteiger partial charge in [-0.15, -0.1) is 0 Å². The summed E-state index contributed by atoms with van der Waals surface area (Å²) in [5, 5.41) is 11.5. The quantitative estimate of drug-likeness (QED) is 0.435. The molecule has 2 aromatic carbocycles. The molecule has 3 atom stereocenters. The number of imidazole rings is 1. The Morgan fingerprint density at radius 3 is 2.74 bits per heavy atom. The number of methoxy groups -OCH3 is 1. The number of rotatable bonds is 9. The Hall–Kier alpha value is -2.96. The molecule has 2 bridgehead atoms. The molecule has 0 aliphatic heterocycles. The second-order valence-corrected chi connectivity index (χ2v) is 10.2. The lowest BCUT2D eigenvalue weighted by molar-refractivity contribution is -0.0574. The van der Waals surface area contributed by atoms with E-state index < -0.39 is 5.60 Å². The summed E-state index contributed by atoms with van der Waals surface area (Å²) in [6, 6.07) is 16.2. The van der Waals surface area contributed by atoms with E-state index in [2.05, 4.69) is 58.3 Å². The molecule has 0 saturated heterocycles. The van der Waals surface area contributed by atoms with E-state index in [1.807, 2.05) is 12.1 Å². The van der Waals surface area contributed by atoms with E-state index in [0.717, 1.165) is 56.5 Å². The number of fused-ring (bicyclic) bond motifs is 3. The smallest absolute Gasteiger partial charge is 0.340 e. The average Bonchev–Trinajstić information content (AvgIpc) is 3.31. The van der Waals surface area contributed by atoms with Crippen LogP contribution in [0.5, 0.6) is 0 Å². The highest BCUT2D eigenvalue weighted by atomic mass is 16.5. The molecule has 1 heterocycles. The van der Waals surface area contributed by atoms with Crippen LogP contribution in [0.1, 0.15) is 53.8 Å². The summed E-state index contributed by atoms with van der Waals surface area (Å²) >= 11 is 0. The Morgan fingerprint density at radius 1 is 1.17 bits per heavy atom. The maximum Gasteiger partial charge on any atom is 0.340 e. The van der Waals surface area contributed by atoms with Gasteiger partial charge in [0.1, 0.15) is 11.3 Å². The first-order valence-electron chi connectivity index (χ1n) is 12.7. The summed E-state index contributed by atoms with van der Waals surface area (Å²) in [6.45, 7) is 1.80. The van der Waals surface area contributed by atoms with Crippen molar-refractivity contribution in [2.24, 2.45) is 11.8 Å². The lowest BCUT2D eigenvalue weighted by Gasteiger charge is -2.48. The fraction of sp³-hybridized carbons (Fsp3) is 0.448. The second kappa shape index (κ2) is 9.96. The molecule has 35 heavy (non-hydrogen) atoms. The van der Waals surface area contributed by atoms with Crippen LogP contribution in [0.25, 0.3) is 16.6 Å². The number of hydrogen-bond acceptors (Lipinski definition) is 5. The minimum absolute atomic E-state index is 0.246. The zero-order valence-electron chi connectivity index (χ0n) is 20.7. The van der Waals surface area contributed by atoms with Gasteiger partial charge in [-0.25, -0.2) is 9.78 Å². The highest BCUT2D eigenvalue weighted by Crippen LogP contribution is 2.51. The summed E-state index contributed by atoms with van der Waals surface area (Å²) in [4.78, 5) is 22.3. The van der Waals surface area contributed by atoms with E-state index in [1.54, 1.807) is 6.07 Å². The van der Waals surface area contributed by atoms with Gasteiger partial charge in [0.25, 0.3) is 0 Å². The van der Waals surface area contributed by atoms with E-state index in [1.165, 1.54) is 24.7 Å². The first kappa shape index (κ1) is 23.8. The summed E-state index contributed by atoms with van der Waals surface area (Å²) in [5.74, 6) is 1.22. The molecule has 0 radical (unpaired) electrons. The minimum atomic E-state index is -0.599. The predicted octanol–water partition coefficient (Wildman–Crippen LogP) is 4.85. The van der Waals surface area contributed by atoms with Gasteiger partial charge in [0.15, 0.2) is 0 Å². The molecule has 0 unspecified atom stereocenters. The largest absolute Gasteiger partial charge is 0.465 e. The van der Waals surface area contributed by atoms with E-state index in [-0.39, 0.29) is 11.9 Å². The third-order valence-electron chi connectivity index (χ3n) is 7.89. The molecule has 3 aliphatic carbocycles. The minimum Gasteiger partial charge on any atom is -0.465 e. The van der Waals surface area contributed by atoms with Crippen LogP contribution in [0, 0.1) is 11.8 Å². The van der Waals surface area contributed by atoms with Crippen LogP contribution >= 0.6 is 0 Å².